The van der Waals surface area contributed by atoms with E-state index >= 15 is 0 Å². The number of anilines is 1. The SMILES string of the molecule is CC(CN)C(=O)Nc1nnc2ccccn12. The van der Waals surface area contributed by atoms with Crippen molar-refractivity contribution in [3.63, 3.8) is 0 Å². The van der Waals surface area contributed by atoms with Crippen LogP contribution >= 0.6 is 0 Å². The van der Waals surface area contributed by atoms with Crippen LogP contribution in [0.4, 0.5) is 5.95 Å². The van der Waals surface area contributed by atoms with Crippen molar-refractivity contribution in [1.82, 2.24) is 14.6 Å². The Hall–Kier alpha value is -1.95. The van der Waals surface area contributed by atoms with Crippen molar-refractivity contribution in [1.29, 1.82) is 0 Å². The van der Waals surface area contributed by atoms with Crippen molar-refractivity contribution in [2.75, 3.05) is 11.9 Å². The second kappa shape index (κ2) is 4.28. The fourth-order valence-corrected chi connectivity index (χ4v) is 1.27. The Morgan fingerprint density at radius 3 is 3.12 bits per heavy atom. The summed E-state index contributed by atoms with van der Waals surface area (Å²) in [7, 11) is 0. The highest BCUT2D eigenvalue weighted by molar-refractivity contribution is 5.91. The van der Waals surface area contributed by atoms with Gasteiger partial charge in [0.25, 0.3) is 0 Å². The van der Waals surface area contributed by atoms with E-state index in [1.165, 1.54) is 0 Å². The minimum atomic E-state index is -0.240. The highest BCUT2D eigenvalue weighted by atomic mass is 16.2. The van der Waals surface area contributed by atoms with Crippen molar-refractivity contribution in [2.24, 2.45) is 11.7 Å². The van der Waals surface area contributed by atoms with E-state index < -0.39 is 0 Å². The lowest BCUT2D eigenvalue weighted by atomic mass is 10.2. The number of nitrogens with zero attached hydrogens (tertiary/aromatic N) is 3. The molecule has 0 aliphatic carbocycles. The molecule has 1 amide bonds. The molecule has 0 aliphatic rings. The maximum absolute atomic E-state index is 11.6. The van der Waals surface area contributed by atoms with Crippen LogP contribution in [0.3, 0.4) is 0 Å². The second-order valence-corrected chi connectivity index (χ2v) is 3.58. The highest BCUT2D eigenvalue weighted by Gasteiger charge is 2.13. The van der Waals surface area contributed by atoms with Gasteiger partial charge in [-0.1, -0.05) is 13.0 Å². The largest absolute Gasteiger partial charge is 0.330 e. The van der Waals surface area contributed by atoms with Gasteiger partial charge < -0.3 is 5.73 Å². The Bertz CT molecular complexity index is 507. The number of fused-ring (bicyclic) bond motifs is 1. The van der Waals surface area contributed by atoms with Gasteiger partial charge in [0.1, 0.15) is 0 Å². The summed E-state index contributed by atoms with van der Waals surface area (Å²) in [4.78, 5) is 11.6. The standard InChI is InChI=1S/C10H13N5O/c1-7(6-11)9(16)12-10-14-13-8-4-2-3-5-15(8)10/h2-5,7H,6,11H2,1H3,(H,12,14,16). The summed E-state index contributed by atoms with van der Waals surface area (Å²) in [6.45, 7) is 2.07. The van der Waals surface area contributed by atoms with E-state index in [0.29, 0.717) is 18.1 Å². The average Bonchev–Trinajstić information content (AvgIpc) is 2.72. The molecule has 1 atom stereocenters. The third kappa shape index (κ3) is 1.87. The molecule has 0 aromatic carbocycles. The van der Waals surface area contributed by atoms with Crippen molar-refractivity contribution in [2.45, 2.75) is 6.92 Å². The zero-order valence-corrected chi connectivity index (χ0v) is 8.92. The van der Waals surface area contributed by atoms with Gasteiger partial charge in [0.15, 0.2) is 5.65 Å². The number of carbonyl (C=O) groups is 1. The molecule has 3 N–H and O–H groups in total. The number of nitrogens with one attached hydrogen (secondary N) is 1. The van der Waals surface area contributed by atoms with Gasteiger partial charge in [-0.25, -0.2) is 0 Å². The molecule has 2 aromatic rings. The van der Waals surface area contributed by atoms with E-state index in [1.807, 2.05) is 18.2 Å². The third-order valence-electron chi connectivity index (χ3n) is 2.35. The summed E-state index contributed by atoms with van der Waals surface area (Å²) in [6.07, 6.45) is 1.79. The zero-order chi connectivity index (χ0) is 11.5. The molecule has 2 aromatic heterocycles. The monoisotopic (exact) mass is 219 g/mol. The number of rotatable bonds is 3. The molecule has 0 bridgehead atoms. The molecule has 0 aliphatic heterocycles. The molecule has 0 radical (unpaired) electrons. The number of carbonyl (C=O) groups excluding carboxylic acids is 1. The van der Waals surface area contributed by atoms with E-state index in [4.69, 9.17) is 5.73 Å². The van der Waals surface area contributed by atoms with Crippen molar-refractivity contribution < 1.29 is 4.79 Å². The smallest absolute Gasteiger partial charge is 0.235 e. The van der Waals surface area contributed by atoms with Crippen LogP contribution in [0, 0.1) is 5.92 Å². The summed E-state index contributed by atoms with van der Waals surface area (Å²) in [5.74, 6) is 0.0256. The van der Waals surface area contributed by atoms with E-state index in [1.54, 1.807) is 17.5 Å². The second-order valence-electron chi connectivity index (χ2n) is 3.58. The van der Waals surface area contributed by atoms with E-state index in [-0.39, 0.29) is 11.8 Å². The lowest BCUT2D eigenvalue weighted by molar-refractivity contribution is -0.119. The number of hydrogen-bond acceptors (Lipinski definition) is 4. The Balaban J connectivity index is 2.25. The third-order valence-corrected chi connectivity index (χ3v) is 2.35. The number of amides is 1. The van der Waals surface area contributed by atoms with Crippen LogP contribution in [0.15, 0.2) is 24.4 Å². The Morgan fingerprint density at radius 2 is 2.38 bits per heavy atom. The van der Waals surface area contributed by atoms with Gasteiger partial charge in [-0.3, -0.25) is 14.5 Å². The molecule has 16 heavy (non-hydrogen) atoms. The summed E-state index contributed by atoms with van der Waals surface area (Å²) >= 11 is 0. The van der Waals surface area contributed by atoms with E-state index in [2.05, 4.69) is 15.5 Å². The number of hydrogen-bond donors (Lipinski definition) is 2. The molecule has 6 heteroatoms. The minimum absolute atomic E-state index is 0.152. The van der Waals surface area contributed by atoms with Crippen LogP contribution in [-0.2, 0) is 4.79 Å². The fourth-order valence-electron chi connectivity index (χ4n) is 1.27. The van der Waals surface area contributed by atoms with Crippen LogP contribution in [0.25, 0.3) is 5.65 Å². The molecule has 1 unspecified atom stereocenters. The summed E-state index contributed by atoms with van der Waals surface area (Å²) < 4.78 is 1.71. The number of aromatic nitrogens is 3. The molecule has 0 fully saturated rings. The first-order valence-corrected chi connectivity index (χ1v) is 5.03. The van der Waals surface area contributed by atoms with Crippen molar-refractivity contribution in [3.8, 4) is 0 Å². The topological polar surface area (TPSA) is 85.3 Å². The van der Waals surface area contributed by atoms with E-state index in [9.17, 15) is 4.79 Å². The molecular weight excluding hydrogens is 206 g/mol. The molecule has 84 valence electrons. The van der Waals surface area contributed by atoms with Gasteiger partial charge in [-0.2, -0.15) is 0 Å². The Labute approximate surface area is 92.5 Å². The first-order chi connectivity index (χ1) is 7.72. The molecular formula is C10H13N5O. The number of nitrogens with two attached hydrogens (primary N) is 1. The van der Waals surface area contributed by atoms with E-state index in [0.717, 1.165) is 0 Å². The molecule has 0 saturated carbocycles. The van der Waals surface area contributed by atoms with Crippen LogP contribution in [0.1, 0.15) is 6.92 Å². The van der Waals surface area contributed by atoms with Gasteiger partial charge in [0.2, 0.25) is 11.9 Å². The zero-order valence-electron chi connectivity index (χ0n) is 8.92. The lowest BCUT2D eigenvalue weighted by Crippen LogP contribution is -2.27. The molecule has 6 nitrogen and oxygen atoms in total. The molecule has 2 rings (SSSR count). The van der Waals surface area contributed by atoms with Crippen molar-refractivity contribution in [3.05, 3.63) is 24.4 Å². The first kappa shape index (κ1) is 10.6. The molecule has 2 heterocycles. The van der Waals surface area contributed by atoms with Gasteiger partial charge in [0, 0.05) is 18.7 Å². The van der Waals surface area contributed by atoms with Crippen LogP contribution in [-0.4, -0.2) is 27.0 Å². The maximum Gasteiger partial charge on any atom is 0.235 e. The van der Waals surface area contributed by atoms with Crippen LogP contribution in [0.2, 0.25) is 0 Å². The normalized spacial score (nSPS) is 12.6. The lowest BCUT2D eigenvalue weighted by Gasteiger charge is -2.07. The number of pyridine rings is 1. The van der Waals surface area contributed by atoms with Crippen molar-refractivity contribution >= 4 is 17.5 Å². The summed E-state index contributed by atoms with van der Waals surface area (Å²) in [6, 6.07) is 5.52. The van der Waals surface area contributed by atoms with Gasteiger partial charge in [0.05, 0.1) is 0 Å². The Kier molecular flexibility index (Phi) is 2.82. The fraction of sp³-hybridized carbons (Fsp3) is 0.300. The first-order valence-electron chi connectivity index (χ1n) is 5.03. The van der Waals surface area contributed by atoms with Gasteiger partial charge in [-0.15, -0.1) is 10.2 Å². The molecule has 0 saturated heterocycles. The average molecular weight is 219 g/mol. The predicted octanol–water partition coefficient (Wildman–Crippen LogP) is 0.263. The Morgan fingerprint density at radius 1 is 1.56 bits per heavy atom. The molecule has 0 spiro atoms. The highest BCUT2D eigenvalue weighted by Crippen LogP contribution is 2.08. The summed E-state index contributed by atoms with van der Waals surface area (Å²) in [5, 5.41) is 10.5. The van der Waals surface area contributed by atoms with Gasteiger partial charge in [-0.05, 0) is 12.1 Å². The minimum Gasteiger partial charge on any atom is -0.330 e. The van der Waals surface area contributed by atoms with Crippen LogP contribution < -0.4 is 11.1 Å². The summed E-state index contributed by atoms with van der Waals surface area (Å²) in [5.41, 5.74) is 6.10. The quantitative estimate of drug-likeness (QED) is 0.775. The van der Waals surface area contributed by atoms with Crippen LogP contribution in [0.5, 0.6) is 0 Å². The van der Waals surface area contributed by atoms with Gasteiger partial charge >= 0.3 is 0 Å². The predicted molar refractivity (Wildman–Crippen MR) is 59.8 cm³/mol. The maximum atomic E-state index is 11.6.